The summed E-state index contributed by atoms with van der Waals surface area (Å²) in [5, 5.41) is 11.9. The highest BCUT2D eigenvalue weighted by atomic mass is 19.1. The van der Waals surface area contributed by atoms with Gasteiger partial charge in [-0.2, -0.15) is 0 Å². The summed E-state index contributed by atoms with van der Waals surface area (Å²) in [7, 11) is 0. The number of carbonyl (C=O) groups excluding carboxylic acids is 1. The summed E-state index contributed by atoms with van der Waals surface area (Å²) in [4.78, 5) is 23.4. The van der Waals surface area contributed by atoms with Crippen molar-refractivity contribution in [3.8, 4) is 0 Å². The minimum atomic E-state index is -1.03. The molecule has 1 aliphatic rings. The molecule has 2 rings (SSSR count). The van der Waals surface area contributed by atoms with Gasteiger partial charge in [0.05, 0.1) is 11.1 Å². The third kappa shape index (κ3) is 3.30. The van der Waals surface area contributed by atoms with E-state index in [1.165, 1.54) is 12.1 Å². The van der Waals surface area contributed by atoms with Crippen molar-refractivity contribution >= 4 is 17.6 Å². The van der Waals surface area contributed by atoms with Crippen molar-refractivity contribution in [1.29, 1.82) is 0 Å². The lowest BCUT2D eigenvalue weighted by molar-refractivity contribution is -0.154. The number of nitrogen functional groups attached to an aromatic ring is 1. The lowest BCUT2D eigenvalue weighted by Crippen LogP contribution is -2.46. The molecule has 0 unspecified atom stereocenters. The monoisotopic (exact) mass is 296 g/mol. The van der Waals surface area contributed by atoms with Crippen LogP contribution in [0.2, 0.25) is 0 Å². The van der Waals surface area contributed by atoms with Crippen LogP contribution in [0.1, 0.15) is 23.2 Å². The van der Waals surface area contributed by atoms with Gasteiger partial charge >= 0.3 is 5.97 Å². The van der Waals surface area contributed by atoms with Gasteiger partial charge in [0.25, 0.3) is 5.91 Å². The number of benzene rings is 1. The number of nitrogens with one attached hydrogen (secondary N) is 1. The number of aliphatic carboxylic acids is 1. The van der Waals surface area contributed by atoms with E-state index < -0.39 is 23.1 Å². The molecule has 1 aliphatic heterocycles. The summed E-state index contributed by atoms with van der Waals surface area (Å²) in [5.74, 6) is -2.17. The van der Waals surface area contributed by atoms with Crippen molar-refractivity contribution in [2.75, 3.05) is 25.5 Å². The molecule has 21 heavy (non-hydrogen) atoms. The summed E-state index contributed by atoms with van der Waals surface area (Å²) in [6, 6.07) is 3.72. The number of hydrogen-bond donors (Lipinski definition) is 3. The van der Waals surface area contributed by atoms with Gasteiger partial charge in [-0.1, -0.05) is 0 Å². The van der Waals surface area contributed by atoms with E-state index >= 15 is 0 Å². The molecule has 0 aliphatic carbocycles. The maximum absolute atomic E-state index is 13.3. The molecule has 0 atom stereocenters. The Kier molecular flexibility index (Phi) is 4.42. The second-order valence-electron chi connectivity index (χ2n) is 5.12. The Balaban J connectivity index is 2.05. The Labute approximate surface area is 121 Å². The Hall–Kier alpha value is -2.15. The molecule has 1 aromatic carbocycles. The first-order chi connectivity index (χ1) is 9.94. The molecule has 1 fully saturated rings. The Morgan fingerprint density at radius 1 is 1.38 bits per heavy atom. The summed E-state index contributed by atoms with van der Waals surface area (Å²) in [6.07, 6.45) is 0.664. The fourth-order valence-corrected chi connectivity index (χ4v) is 2.25. The van der Waals surface area contributed by atoms with Crippen molar-refractivity contribution in [1.82, 2.24) is 5.32 Å². The van der Waals surface area contributed by atoms with Gasteiger partial charge in [-0.05, 0) is 31.0 Å². The number of hydrogen-bond acceptors (Lipinski definition) is 4. The van der Waals surface area contributed by atoms with Crippen molar-refractivity contribution in [2.24, 2.45) is 5.41 Å². The molecular formula is C14H17FN2O4. The van der Waals surface area contributed by atoms with Gasteiger partial charge < -0.3 is 20.9 Å². The number of anilines is 1. The van der Waals surface area contributed by atoms with E-state index in [2.05, 4.69) is 5.32 Å². The van der Waals surface area contributed by atoms with Crippen LogP contribution in [-0.4, -0.2) is 36.7 Å². The fraction of sp³-hybridized carbons (Fsp3) is 0.429. The predicted molar refractivity (Wildman–Crippen MR) is 73.3 cm³/mol. The topological polar surface area (TPSA) is 102 Å². The molecule has 1 amide bonds. The van der Waals surface area contributed by atoms with Gasteiger partial charge in [0.15, 0.2) is 0 Å². The standard InChI is InChI=1S/C14H17FN2O4/c15-10-7-9(1-2-11(10)16)12(18)17-8-14(13(19)20)3-5-21-6-4-14/h1-2,7H,3-6,8,16H2,(H,17,18)(H,19,20). The summed E-state index contributed by atoms with van der Waals surface area (Å²) >= 11 is 0. The second-order valence-corrected chi connectivity index (χ2v) is 5.12. The van der Waals surface area contributed by atoms with Crippen LogP contribution < -0.4 is 11.1 Å². The highest BCUT2D eigenvalue weighted by Gasteiger charge is 2.40. The third-order valence-electron chi connectivity index (χ3n) is 3.75. The van der Waals surface area contributed by atoms with Crippen LogP contribution in [0.4, 0.5) is 10.1 Å². The van der Waals surface area contributed by atoms with Gasteiger partial charge in [-0.3, -0.25) is 9.59 Å². The van der Waals surface area contributed by atoms with Crippen LogP contribution in [0.5, 0.6) is 0 Å². The summed E-state index contributed by atoms with van der Waals surface area (Å²) in [5.41, 5.74) is 4.38. The van der Waals surface area contributed by atoms with Gasteiger partial charge in [0.2, 0.25) is 0 Å². The van der Waals surface area contributed by atoms with E-state index in [1.807, 2.05) is 0 Å². The maximum atomic E-state index is 13.3. The van der Waals surface area contributed by atoms with E-state index in [-0.39, 0.29) is 17.8 Å². The van der Waals surface area contributed by atoms with E-state index in [0.717, 1.165) is 6.07 Å². The lowest BCUT2D eigenvalue weighted by atomic mass is 9.80. The molecule has 6 nitrogen and oxygen atoms in total. The third-order valence-corrected chi connectivity index (χ3v) is 3.75. The number of carboxylic acids is 1. The number of carboxylic acid groups (broad SMARTS) is 1. The summed E-state index contributed by atoms with van der Waals surface area (Å²) in [6.45, 7) is 0.674. The fourth-order valence-electron chi connectivity index (χ4n) is 2.25. The van der Waals surface area contributed by atoms with Crippen LogP contribution >= 0.6 is 0 Å². The highest BCUT2D eigenvalue weighted by molar-refractivity contribution is 5.94. The molecular weight excluding hydrogens is 279 g/mol. The van der Waals surface area contributed by atoms with Gasteiger partial charge in [-0.25, -0.2) is 4.39 Å². The zero-order chi connectivity index (χ0) is 15.5. The van der Waals surface area contributed by atoms with Gasteiger partial charge in [0.1, 0.15) is 5.82 Å². The van der Waals surface area contributed by atoms with Crippen molar-refractivity contribution in [3.63, 3.8) is 0 Å². The first kappa shape index (κ1) is 15.2. The summed E-state index contributed by atoms with van der Waals surface area (Å²) < 4.78 is 18.5. The van der Waals surface area contributed by atoms with Crippen molar-refractivity contribution in [2.45, 2.75) is 12.8 Å². The van der Waals surface area contributed by atoms with Crippen molar-refractivity contribution in [3.05, 3.63) is 29.6 Å². The predicted octanol–water partition coefficient (Wildman–Crippen LogP) is 1.02. The molecule has 7 heteroatoms. The maximum Gasteiger partial charge on any atom is 0.311 e. The van der Waals surface area contributed by atoms with Gasteiger partial charge in [0, 0.05) is 25.3 Å². The minimum absolute atomic E-state index is 0.0173. The van der Waals surface area contributed by atoms with E-state index in [1.54, 1.807) is 0 Å². The number of rotatable bonds is 4. The van der Waals surface area contributed by atoms with Crippen LogP contribution in [0.15, 0.2) is 18.2 Å². The normalized spacial score (nSPS) is 17.2. The molecule has 1 aromatic rings. The number of amides is 1. The first-order valence-electron chi connectivity index (χ1n) is 6.59. The Bertz CT molecular complexity index is 556. The van der Waals surface area contributed by atoms with Crippen LogP contribution in [0.3, 0.4) is 0 Å². The molecule has 4 N–H and O–H groups in total. The van der Waals surface area contributed by atoms with Crippen LogP contribution in [-0.2, 0) is 9.53 Å². The molecule has 0 spiro atoms. The SMILES string of the molecule is Nc1ccc(C(=O)NCC2(C(=O)O)CCOCC2)cc1F. The minimum Gasteiger partial charge on any atom is -0.481 e. The number of halogens is 1. The first-order valence-corrected chi connectivity index (χ1v) is 6.59. The molecule has 0 radical (unpaired) electrons. The highest BCUT2D eigenvalue weighted by Crippen LogP contribution is 2.30. The zero-order valence-electron chi connectivity index (χ0n) is 11.4. The second kappa shape index (κ2) is 6.09. The van der Waals surface area contributed by atoms with Gasteiger partial charge in [-0.15, -0.1) is 0 Å². The van der Waals surface area contributed by atoms with E-state index in [9.17, 15) is 19.1 Å². The quantitative estimate of drug-likeness (QED) is 0.720. The van der Waals surface area contributed by atoms with E-state index in [4.69, 9.17) is 10.5 Å². The molecule has 0 aromatic heterocycles. The van der Waals surface area contributed by atoms with E-state index in [0.29, 0.717) is 26.1 Å². The Morgan fingerprint density at radius 2 is 2.05 bits per heavy atom. The molecule has 0 saturated carbocycles. The lowest BCUT2D eigenvalue weighted by Gasteiger charge is -2.33. The number of nitrogens with two attached hydrogens (primary N) is 1. The molecule has 114 valence electrons. The molecule has 1 heterocycles. The van der Waals surface area contributed by atoms with Crippen molar-refractivity contribution < 1.29 is 23.8 Å². The average Bonchev–Trinajstić information content (AvgIpc) is 2.48. The smallest absolute Gasteiger partial charge is 0.311 e. The van der Waals surface area contributed by atoms with Crippen LogP contribution in [0.25, 0.3) is 0 Å². The Morgan fingerprint density at radius 3 is 2.62 bits per heavy atom. The number of ether oxygens (including phenoxy) is 1. The number of carbonyl (C=O) groups is 2. The van der Waals surface area contributed by atoms with Crippen LogP contribution in [0, 0.1) is 11.2 Å². The largest absolute Gasteiger partial charge is 0.481 e. The molecule has 0 bridgehead atoms. The zero-order valence-corrected chi connectivity index (χ0v) is 11.4. The average molecular weight is 296 g/mol. The molecule has 1 saturated heterocycles.